The number of hydrogen-bond donors (Lipinski definition) is 3. The fourth-order valence-electron chi connectivity index (χ4n) is 1.31. The highest BCUT2D eigenvalue weighted by Gasteiger charge is 2.30. The fourth-order valence-corrected chi connectivity index (χ4v) is 2.67. The highest BCUT2D eigenvalue weighted by Crippen LogP contribution is 2.16. The summed E-state index contributed by atoms with van der Waals surface area (Å²) < 4.78 is 27.3. The third-order valence-electron chi connectivity index (χ3n) is 2.87. The average molecular weight is 282 g/mol. The molecule has 8 heteroatoms. The maximum absolute atomic E-state index is 11.9. The number of aliphatic carboxylic acids is 1. The molecule has 0 aliphatic carbocycles. The van der Waals surface area contributed by atoms with Gasteiger partial charge in [0.25, 0.3) is 10.2 Å². The zero-order valence-electron chi connectivity index (χ0n) is 11.0. The maximum Gasteiger partial charge on any atom is 0.304 e. The Bertz CT molecular complexity index is 370. The van der Waals surface area contributed by atoms with Gasteiger partial charge in [-0.3, -0.25) is 4.79 Å². The molecule has 0 aromatic heterocycles. The second kappa shape index (κ2) is 7.03. The van der Waals surface area contributed by atoms with E-state index in [1.165, 1.54) is 7.05 Å². The number of nitrogens with zero attached hydrogens (tertiary/aromatic N) is 1. The van der Waals surface area contributed by atoms with Gasteiger partial charge in [-0.05, 0) is 19.8 Å². The van der Waals surface area contributed by atoms with Crippen molar-refractivity contribution in [1.29, 1.82) is 0 Å². The predicted molar refractivity (Wildman–Crippen MR) is 67.3 cm³/mol. The molecule has 0 heterocycles. The molecule has 1 unspecified atom stereocenters. The van der Waals surface area contributed by atoms with Crippen LogP contribution in [0.1, 0.15) is 33.1 Å². The van der Waals surface area contributed by atoms with Gasteiger partial charge in [0.15, 0.2) is 0 Å². The molecule has 7 nitrogen and oxygen atoms in total. The standard InChI is InChI=1S/C10H22N2O5S/c1-4-10(2,6-8-13)11-18(16,17)12(3)7-5-9(14)15/h11,13H,4-8H2,1-3H3,(H,14,15). The Morgan fingerprint density at radius 2 is 2.00 bits per heavy atom. The minimum Gasteiger partial charge on any atom is -0.481 e. The van der Waals surface area contributed by atoms with E-state index in [2.05, 4.69) is 4.72 Å². The summed E-state index contributed by atoms with van der Waals surface area (Å²) in [7, 11) is -2.42. The third kappa shape index (κ3) is 5.76. The Hall–Kier alpha value is -0.700. The van der Waals surface area contributed by atoms with Gasteiger partial charge in [-0.25, -0.2) is 0 Å². The first kappa shape index (κ1) is 17.3. The molecule has 1 atom stereocenters. The van der Waals surface area contributed by atoms with Crippen molar-refractivity contribution in [3.05, 3.63) is 0 Å². The molecule has 18 heavy (non-hydrogen) atoms. The van der Waals surface area contributed by atoms with E-state index in [1.54, 1.807) is 6.92 Å². The first-order chi connectivity index (χ1) is 8.17. The topological polar surface area (TPSA) is 107 Å². The van der Waals surface area contributed by atoms with Crippen LogP contribution in [0.3, 0.4) is 0 Å². The third-order valence-corrected chi connectivity index (χ3v) is 4.62. The monoisotopic (exact) mass is 282 g/mol. The zero-order chi connectivity index (χ0) is 14.4. The Morgan fingerprint density at radius 1 is 1.44 bits per heavy atom. The summed E-state index contributed by atoms with van der Waals surface area (Å²) in [5, 5.41) is 17.4. The van der Waals surface area contributed by atoms with Crippen LogP contribution in [0.25, 0.3) is 0 Å². The number of carbonyl (C=O) groups is 1. The van der Waals surface area contributed by atoms with Gasteiger partial charge in [0.05, 0.1) is 6.42 Å². The van der Waals surface area contributed by atoms with Gasteiger partial charge in [-0.15, -0.1) is 0 Å². The van der Waals surface area contributed by atoms with E-state index in [9.17, 15) is 13.2 Å². The maximum atomic E-state index is 11.9. The lowest BCUT2D eigenvalue weighted by atomic mass is 9.97. The van der Waals surface area contributed by atoms with Crippen molar-refractivity contribution >= 4 is 16.2 Å². The molecule has 0 spiro atoms. The first-order valence-electron chi connectivity index (χ1n) is 5.75. The fraction of sp³-hybridized carbons (Fsp3) is 0.900. The van der Waals surface area contributed by atoms with Crippen molar-refractivity contribution in [1.82, 2.24) is 9.03 Å². The molecule has 0 radical (unpaired) electrons. The van der Waals surface area contributed by atoms with Gasteiger partial charge in [0.2, 0.25) is 0 Å². The second-order valence-corrected chi connectivity index (χ2v) is 6.24. The van der Waals surface area contributed by atoms with Crippen molar-refractivity contribution in [2.24, 2.45) is 0 Å². The summed E-state index contributed by atoms with van der Waals surface area (Å²) in [5.41, 5.74) is -0.731. The lowest BCUT2D eigenvalue weighted by Crippen LogP contribution is -2.51. The zero-order valence-corrected chi connectivity index (χ0v) is 11.8. The van der Waals surface area contributed by atoms with Crippen LogP contribution in [0, 0.1) is 0 Å². The smallest absolute Gasteiger partial charge is 0.304 e. The summed E-state index contributed by atoms with van der Waals surface area (Å²) in [6.07, 6.45) is 0.579. The number of hydrogen-bond acceptors (Lipinski definition) is 4. The van der Waals surface area contributed by atoms with Crippen molar-refractivity contribution in [2.45, 2.75) is 38.6 Å². The summed E-state index contributed by atoms with van der Waals surface area (Å²) in [6, 6.07) is 0. The van der Waals surface area contributed by atoms with Crippen molar-refractivity contribution < 1.29 is 23.4 Å². The number of nitrogens with one attached hydrogen (secondary N) is 1. The Balaban J connectivity index is 4.67. The number of rotatable bonds is 9. The Morgan fingerprint density at radius 3 is 2.39 bits per heavy atom. The van der Waals surface area contributed by atoms with Crippen LogP contribution >= 0.6 is 0 Å². The molecule has 0 fully saturated rings. The van der Waals surface area contributed by atoms with Gasteiger partial charge in [0, 0.05) is 25.7 Å². The summed E-state index contributed by atoms with van der Waals surface area (Å²) in [5.74, 6) is -1.05. The van der Waals surface area contributed by atoms with Gasteiger partial charge in [-0.2, -0.15) is 17.4 Å². The SMILES string of the molecule is CCC(C)(CCO)NS(=O)(=O)N(C)CCC(=O)O. The molecule has 0 rings (SSSR count). The van der Waals surface area contributed by atoms with Crippen LogP contribution in [0.15, 0.2) is 0 Å². The van der Waals surface area contributed by atoms with E-state index in [0.717, 1.165) is 4.31 Å². The molecule has 3 N–H and O–H groups in total. The number of aliphatic hydroxyl groups excluding tert-OH is 1. The molecule has 0 aromatic rings. The molecule has 108 valence electrons. The molecule has 0 aromatic carbocycles. The normalized spacial score (nSPS) is 15.6. The largest absolute Gasteiger partial charge is 0.481 e. The van der Waals surface area contributed by atoms with Crippen LogP contribution in [-0.2, 0) is 15.0 Å². The highest BCUT2D eigenvalue weighted by atomic mass is 32.2. The van der Waals surface area contributed by atoms with Crippen LogP contribution in [0.2, 0.25) is 0 Å². The van der Waals surface area contributed by atoms with Crippen molar-refractivity contribution in [2.75, 3.05) is 20.2 Å². The Kier molecular flexibility index (Phi) is 6.76. The van der Waals surface area contributed by atoms with Crippen LogP contribution < -0.4 is 4.72 Å². The van der Waals surface area contributed by atoms with E-state index < -0.39 is 21.7 Å². The molecule has 0 saturated carbocycles. The van der Waals surface area contributed by atoms with Crippen LogP contribution in [0.5, 0.6) is 0 Å². The van der Waals surface area contributed by atoms with Crippen molar-refractivity contribution in [3.8, 4) is 0 Å². The average Bonchev–Trinajstić information content (AvgIpc) is 2.25. The molecule has 0 saturated heterocycles. The minimum atomic E-state index is -3.74. The van der Waals surface area contributed by atoms with Crippen LogP contribution in [-0.4, -0.2) is 54.6 Å². The van der Waals surface area contributed by atoms with E-state index in [1.807, 2.05) is 6.92 Å². The second-order valence-electron chi connectivity index (χ2n) is 4.46. The van der Waals surface area contributed by atoms with Crippen molar-refractivity contribution in [3.63, 3.8) is 0 Å². The molecular weight excluding hydrogens is 260 g/mol. The van der Waals surface area contributed by atoms with Gasteiger partial charge in [-0.1, -0.05) is 6.92 Å². The highest BCUT2D eigenvalue weighted by molar-refractivity contribution is 7.87. The molecule has 0 bridgehead atoms. The number of carboxylic acids is 1. The van der Waals surface area contributed by atoms with E-state index in [4.69, 9.17) is 10.2 Å². The molecular formula is C10H22N2O5S. The van der Waals surface area contributed by atoms with E-state index >= 15 is 0 Å². The molecule has 0 amide bonds. The molecule has 0 aliphatic rings. The summed E-state index contributed by atoms with van der Waals surface area (Å²) >= 11 is 0. The molecule has 0 aliphatic heterocycles. The number of carboxylic acid groups (broad SMARTS) is 1. The van der Waals surface area contributed by atoms with Gasteiger partial charge in [0.1, 0.15) is 0 Å². The number of aliphatic hydroxyl groups is 1. The van der Waals surface area contributed by atoms with E-state index in [-0.39, 0.29) is 19.6 Å². The van der Waals surface area contributed by atoms with E-state index in [0.29, 0.717) is 12.8 Å². The van der Waals surface area contributed by atoms with Gasteiger partial charge >= 0.3 is 5.97 Å². The lowest BCUT2D eigenvalue weighted by Gasteiger charge is -2.30. The van der Waals surface area contributed by atoms with Gasteiger partial charge < -0.3 is 10.2 Å². The summed E-state index contributed by atoms with van der Waals surface area (Å²) in [4.78, 5) is 10.4. The quantitative estimate of drug-likeness (QED) is 0.542. The summed E-state index contributed by atoms with van der Waals surface area (Å²) in [6.45, 7) is 3.30. The minimum absolute atomic E-state index is 0.0937. The first-order valence-corrected chi connectivity index (χ1v) is 7.19. The Labute approximate surface area is 108 Å². The van der Waals surface area contributed by atoms with Crippen LogP contribution in [0.4, 0.5) is 0 Å². The lowest BCUT2D eigenvalue weighted by molar-refractivity contribution is -0.137. The predicted octanol–water partition coefficient (Wildman–Crippen LogP) is -0.222.